The average Bonchev–Trinajstić information content (AvgIpc) is 3.20. The summed E-state index contributed by atoms with van der Waals surface area (Å²) in [7, 11) is 0. The number of thiophene rings is 1. The molecule has 0 radical (unpaired) electrons. The third-order valence-electron chi connectivity index (χ3n) is 5.00. The van der Waals surface area contributed by atoms with Crippen molar-refractivity contribution >= 4 is 17.3 Å². The fourth-order valence-electron chi connectivity index (χ4n) is 3.97. The molecule has 4 heterocycles. The van der Waals surface area contributed by atoms with Crippen LogP contribution in [0.1, 0.15) is 24.8 Å². The quantitative estimate of drug-likeness (QED) is 0.872. The highest BCUT2D eigenvalue weighted by atomic mass is 32.1. The van der Waals surface area contributed by atoms with E-state index in [1.165, 1.54) is 37.9 Å². The Labute approximate surface area is 135 Å². The van der Waals surface area contributed by atoms with Gasteiger partial charge in [-0.2, -0.15) is 11.3 Å². The minimum atomic E-state index is 0.438. The summed E-state index contributed by atoms with van der Waals surface area (Å²) in [5.74, 6) is 0.901. The first kappa shape index (κ1) is 14.2. The van der Waals surface area contributed by atoms with Crippen LogP contribution in [-0.2, 0) is 6.54 Å². The zero-order valence-corrected chi connectivity index (χ0v) is 13.6. The van der Waals surface area contributed by atoms with Crippen LogP contribution in [0.2, 0.25) is 0 Å². The Hall–Kier alpha value is -1.46. The van der Waals surface area contributed by atoms with Gasteiger partial charge in [-0.25, -0.2) is 9.97 Å². The van der Waals surface area contributed by atoms with E-state index in [9.17, 15) is 0 Å². The standard InChI is InChI=1S/C17H22N4S/c1-4-17(14-21(8-1)16-18-6-2-7-19-16)5-9-20(13-17)11-15-3-10-22-12-15/h2-3,6-7,10,12H,1,4-5,8-9,11,13-14H2/t17-/m0/s1. The highest BCUT2D eigenvalue weighted by molar-refractivity contribution is 7.07. The van der Waals surface area contributed by atoms with E-state index in [0.717, 1.165) is 25.6 Å². The number of nitrogens with zero attached hydrogens (tertiary/aromatic N) is 4. The van der Waals surface area contributed by atoms with Crippen LogP contribution in [0.15, 0.2) is 35.3 Å². The van der Waals surface area contributed by atoms with E-state index in [4.69, 9.17) is 0 Å². The normalized spacial score (nSPS) is 25.9. The van der Waals surface area contributed by atoms with Gasteiger partial charge in [-0.3, -0.25) is 4.90 Å². The maximum atomic E-state index is 4.44. The summed E-state index contributed by atoms with van der Waals surface area (Å²) < 4.78 is 0. The number of hydrogen-bond acceptors (Lipinski definition) is 5. The number of hydrogen-bond donors (Lipinski definition) is 0. The molecule has 2 aliphatic rings. The Bertz CT molecular complexity index is 600. The molecule has 0 unspecified atom stereocenters. The molecule has 2 saturated heterocycles. The molecule has 0 aliphatic carbocycles. The zero-order chi connectivity index (χ0) is 14.8. The molecule has 4 nitrogen and oxygen atoms in total. The fourth-order valence-corrected chi connectivity index (χ4v) is 4.63. The van der Waals surface area contributed by atoms with Crippen LogP contribution in [0.25, 0.3) is 0 Å². The Morgan fingerprint density at radius 3 is 2.86 bits per heavy atom. The Kier molecular flexibility index (Phi) is 3.84. The van der Waals surface area contributed by atoms with Gasteiger partial charge in [-0.15, -0.1) is 0 Å². The molecule has 4 rings (SSSR count). The molecule has 1 atom stereocenters. The van der Waals surface area contributed by atoms with Crippen molar-refractivity contribution in [1.82, 2.24) is 14.9 Å². The van der Waals surface area contributed by atoms with E-state index in [1.807, 2.05) is 18.5 Å². The SMILES string of the molecule is c1cnc(N2CCC[C@@]3(CCN(Cc4ccsc4)C3)C2)nc1. The van der Waals surface area contributed by atoms with E-state index in [-0.39, 0.29) is 0 Å². The van der Waals surface area contributed by atoms with Crippen molar-refractivity contribution in [3.63, 3.8) is 0 Å². The van der Waals surface area contributed by atoms with Gasteiger partial charge in [0.15, 0.2) is 0 Å². The van der Waals surface area contributed by atoms with Crippen molar-refractivity contribution in [2.75, 3.05) is 31.1 Å². The Morgan fingerprint density at radius 1 is 1.14 bits per heavy atom. The number of rotatable bonds is 3. The molecule has 0 aromatic carbocycles. The fraction of sp³-hybridized carbons (Fsp3) is 0.529. The number of piperidine rings is 1. The van der Waals surface area contributed by atoms with Crippen molar-refractivity contribution in [3.05, 3.63) is 40.8 Å². The van der Waals surface area contributed by atoms with Gasteiger partial charge in [0.1, 0.15) is 0 Å². The smallest absolute Gasteiger partial charge is 0.225 e. The van der Waals surface area contributed by atoms with Crippen molar-refractivity contribution in [3.8, 4) is 0 Å². The van der Waals surface area contributed by atoms with Gasteiger partial charge in [0.2, 0.25) is 5.95 Å². The molecule has 0 bridgehead atoms. The van der Waals surface area contributed by atoms with E-state index in [1.54, 1.807) is 11.3 Å². The third kappa shape index (κ3) is 2.88. The molecule has 2 aliphatic heterocycles. The third-order valence-corrected chi connectivity index (χ3v) is 5.73. The molecule has 116 valence electrons. The number of aromatic nitrogens is 2. The van der Waals surface area contributed by atoms with Crippen LogP contribution in [-0.4, -0.2) is 41.0 Å². The van der Waals surface area contributed by atoms with Crippen LogP contribution >= 0.6 is 11.3 Å². The van der Waals surface area contributed by atoms with Gasteiger partial charge < -0.3 is 4.90 Å². The van der Waals surface area contributed by atoms with E-state index in [0.29, 0.717) is 5.41 Å². The van der Waals surface area contributed by atoms with Crippen molar-refractivity contribution < 1.29 is 0 Å². The predicted octanol–water partition coefficient (Wildman–Crippen LogP) is 3.03. The maximum Gasteiger partial charge on any atom is 0.225 e. The lowest BCUT2D eigenvalue weighted by molar-refractivity contribution is 0.215. The molecule has 0 saturated carbocycles. The van der Waals surface area contributed by atoms with Crippen LogP contribution in [0.5, 0.6) is 0 Å². The predicted molar refractivity (Wildman–Crippen MR) is 90.1 cm³/mol. The van der Waals surface area contributed by atoms with Crippen LogP contribution < -0.4 is 4.90 Å². The first-order valence-corrected chi connectivity index (χ1v) is 9.03. The number of likely N-dealkylation sites (tertiary alicyclic amines) is 1. The first-order chi connectivity index (χ1) is 10.8. The van der Waals surface area contributed by atoms with Crippen LogP contribution in [0, 0.1) is 5.41 Å². The molecule has 2 aromatic rings. The lowest BCUT2D eigenvalue weighted by atomic mass is 9.79. The lowest BCUT2D eigenvalue weighted by Gasteiger charge is -2.40. The molecule has 5 heteroatoms. The van der Waals surface area contributed by atoms with Gasteiger partial charge in [0.25, 0.3) is 0 Å². The number of anilines is 1. The van der Waals surface area contributed by atoms with Gasteiger partial charge in [-0.1, -0.05) is 0 Å². The summed E-state index contributed by atoms with van der Waals surface area (Å²) in [5.41, 5.74) is 1.90. The van der Waals surface area contributed by atoms with E-state index >= 15 is 0 Å². The second kappa shape index (κ2) is 5.97. The maximum absolute atomic E-state index is 4.44. The van der Waals surface area contributed by atoms with Gasteiger partial charge in [0.05, 0.1) is 0 Å². The molecule has 1 spiro atoms. The van der Waals surface area contributed by atoms with Gasteiger partial charge in [-0.05, 0) is 54.3 Å². The Morgan fingerprint density at radius 2 is 2.05 bits per heavy atom. The summed E-state index contributed by atoms with van der Waals surface area (Å²) in [6.45, 7) is 5.74. The molecule has 0 amide bonds. The monoisotopic (exact) mass is 314 g/mol. The van der Waals surface area contributed by atoms with E-state index < -0.39 is 0 Å². The largest absolute Gasteiger partial charge is 0.340 e. The summed E-state index contributed by atoms with van der Waals surface area (Å²) in [6, 6.07) is 4.14. The summed E-state index contributed by atoms with van der Waals surface area (Å²) >= 11 is 1.80. The minimum Gasteiger partial charge on any atom is -0.340 e. The topological polar surface area (TPSA) is 32.3 Å². The lowest BCUT2D eigenvalue weighted by Crippen LogP contribution is -2.45. The summed E-state index contributed by atoms with van der Waals surface area (Å²) in [6.07, 6.45) is 7.60. The van der Waals surface area contributed by atoms with Gasteiger partial charge in [0, 0.05) is 44.0 Å². The molecule has 2 aromatic heterocycles. The summed E-state index contributed by atoms with van der Waals surface area (Å²) in [5, 5.41) is 4.45. The minimum absolute atomic E-state index is 0.438. The average molecular weight is 314 g/mol. The summed E-state index contributed by atoms with van der Waals surface area (Å²) in [4.78, 5) is 13.9. The Balaban J connectivity index is 1.43. The van der Waals surface area contributed by atoms with Crippen LogP contribution in [0.3, 0.4) is 0 Å². The highest BCUT2D eigenvalue weighted by Crippen LogP contribution is 2.40. The van der Waals surface area contributed by atoms with Crippen LogP contribution in [0.4, 0.5) is 5.95 Å². The van der Waals surface area contributed by atoms with Crippen molar-refractivity contribution in [2.45, 2.75) is 25.8 Å². The molecule has 0 N–H and O–H groups in total. The van der Waals surface area contributed by atoms with Crippen molar-refractivity contribution in [2.24, 2.45) is 5.41 Å². The molecule has 2 fully saturated rings. The first-order valence-electron chi connectivity index (χ1n) is 8.08. The highest BCUT2D eigenvalue weighted by Gasteiger charge is 2.41. The molecular formula is C17H22N4S. The van der Waals surface area contributed by atoms with E-state index in [2.05, 4.69) is 36.6 Å². The van der Waals surface area contributed by atoms with Gasteiger partial charge >= 0.3 is 0 Å². The molecular weight excluding hydrogens is 292 g/mol. The van der Waals surface area contributed by atoms with Crippen molar-refractivity contribution in [1.29, 1.82) is 0 Å². The zero-order valence-electron chi connectivity index (χ0n) is 12.8. The molecule has 22 heavy (non-hydrogen) atoms. The second-order valence-corrected chi connectivity index (χ2v) is 7.45. The second-order valence-electron chi connectivity index (χ2n) is 6.67.